The second kappa shape index (κ2) is 16.9. The van der Waals surface area contributed by atoms with E-state index in [2.05, 4.69) is 62.4 Å². The van der Waals surface area contributed by atoms with Gasteiger partial charge in [0.1, 0.15) is 141 Å². The van der Waals surface area contributed by atoms with E-state index in [-0.39, 0.29) is 98.3 Å². The number of hydrogen-bond donors (Lipinski definition) is 0. The van der Waals surface area contributed by atoms with Gasteiger partial charge in [0.2, 0.25) is 0 Å². The zero-order valence-corrected chi connectivity index (χ0v) is 42.0. The topological polar surface area (TPSA) is 0 Å². The Hall–Kier alpha value is -6.11. The van der Waals surface area contributed by atoms with E-state index < -0.39 is 5.41 Å². The predicted octanol–water partition coefficient (Wildman–Crippen LogP) is -5.26. The van der Waals surface area contributed by atoms with Crippen LogP contribution < -0.4 is 98.3 Å². The van der Waals surface area contributed by atoms with Gasteiger partial charge in [0.05, 0.1) is 0 Å². The molecule has 0 nitrogen and oxygen atoms in total. The van der Waals surface area contributed by atoms with Gasteiger partial charge >= 0.3 is 0 Å². The van der Waals surface area contributed by atoms with Crippen LogP contribution in [0, 0.1) is 0 Å². The van der Waals surface area contributed by atoms with Gasteiger partial charge in [-0.05, 0) is 150 Å². The maximum atomic E-state index is 7.52. The van der Waals surface area contributed by atoms with Gasteiger partial charge in [-0.3, -0.25) is 0 Å². The van der Waals surface area contributed by atoms with Crippen molar-refractivity contribution in [3.63, 3.8) is 0 Å². The van der Waals surface area contributed by atoms with Gasteiger partial charge in [0, 0.05) is 5.41 Å². The molecule has 18 heteroatoms. The number of fused-ring (bicyclic) bond motifs is 3. The minimum Gasteiger partial charge on any atom is -0.109 e. The second-order valence-electron chi connectivity index (χ2n) is 20.9. The molecular weight excluding hydrogens is 903 g/mol. The molecule has 0 atom stereocenters. The van der Waals surface area contributed by atoms with Gasteiger partial charge in [0.25, 0.3) is 0 Å². The summed E-state index contributed by atoms with van der Waals surface area (Å²) in [6, 6.07) is 28.8. The molecule has 0 N–H and O–H groups in total. The summed E-state index contributed by atoms with van der Waals surface area (Å²) < 4.78 is 0. The molecule has 0 fully saturated rings. The van der Waals surface area contributed by atoms with Crippen molar-refractivity contribution in [2.24, 2.45) is 0 Å². The highest BCUT2D eigenvalue weighted by Crippen LogP contribution is 2.52. The number of hydrogen-bond acceptors (Lipinski definition) is 0. The van der Waals surface area contributed by atoms with E-state index in [0.29, 0.717) is 86.9 Å². The van der Waals surface area contributed by atoms with E-state index in [4.69, 9.17) is 141 Å². The molecule has 0 amide bonds. The molecular formula is C59H20B18. The Bertz CT molecular complexity index is 4690. The fraction of sp³-hybridized carbons (Fsp3) is 0.0508. The smallest absolute Gasteiger partial charge is 0.109 e. The predicted molar refractivity (Wildman–Crippen MR) is 350 cm³/mol. The summed E-state index contributed by atoms with van der Waals surface area (Å²) in [4.78, 5) is 0. The summed E-state index contributed by atoms with van der Waals surface area (Å²) in [5.74, 6) is 0. The average molecular weight is 923 g/mol. The quantitative estimate of drug-likeness (QED) is 0.123. The lowest BCUT2D eigenvalue weighted by molar-refractivity contribution is 0.660. The van der Waals surface area contributed by atoms with Gasteiger partial charge in [-0.15, -0.1) is 10.9 Å². The van der Waals surface area contributed by atoms with Crippen molar-refractivity contribution in [3.8, 4) is 55.6 Å². The number of benzene rings is 12. The van der Waals surface area contributed by atoms with Crippen LogP contribution in [0.4, 0.5) is 0 Å². The molecule has 0 saturated heterocycles. The maximum absolute atomic E-state index is 7.52. The van der Waals surface area contributed by atoms with Crippen molar-refractivity contribution in [2.45, 2.75) is 19.3 Å². The maximum Gasteiger partial charge on any atom is 0.113 e. The molecule has 12 aromatic carbocycles. The lowest BCUT2D eigenvalue weighted by atomic mass is 9.57. The Morgan fingerprint density at radius 2 is 0.571 bits per heavy atom. The molecule has 1 aliphatic carbocycles. The molecule has 0 bridgehead atoms. The molecule has 0 unspecified atom stereocenters. The Kier molecular flexibility index (Phi) is 11.1. The first kappa shape index (κ1) is 50.4. The summed E-state index contributed by atoms with van der Waals surface area (Å²) in [6.07, 6.45) is 0. The first-order valence-corrected chi connectivity index (χ1v) is 24.6. The Labute approximate surface area is 472 Å². The van der Waals surface area contributed by atoms with E-state index >= 15 is 0 Å². The zero-order chi connectivity index (χ0) is 54.6. The van der Waals surface area contributed by atoms with E-state index in [1.165, 1.54) is 5.56 Å². The van der Waals surface area contributed by atoms with Crippen molar-refractivity contribution in [3.05, 3.63) is 96.1 Å². The van der Waals surface area contributed by atoms with Gasteiger partial charge in [0.15, 0.2) is 0 Å². The fourth-order valence-electron chi connectivity index (χ4n) is 13.1. The molecule has 1 aliphatic rings. The SMILES string of the molecule is [B]c1c([B])c2c([B])c([B])c3c([B])c([B])c(-c4cc(-c5ccc6c(c5)C(C)(C)c5ccccc5-6)c(-c5ccccc5)c(-c5c([B])c([B])c6c([B])c([B])c7c([B])c([B])c([B])c8c([B])c([B])c5c6c78)c4)c4c([B])c([B])c(c1[B])c2c34. The third kappa shape index (κ3) is 6.31. The third-order valence-corrected chi connectivity index (χ3v) is 16.9. The molecule has 77 heavy (non-hydrogen) atoms. The monoisotopic (exact) mass is 926 g/mol. The van der Waals surface area contributed by atoms with Gasteiger partial charge in [-0.25, -0.2) is 0 Å². The molecule has 0 aliphatic heterocycles. The molecule has 0 aromatic heterocycles. The molecule has 0 saturated carbocycles. The van der Waals surface area contributed by atoms with Crippen LogP contribution in [0.25, 0.3) is 120 Å². The summed E-state index contributed by atoms with van der Waals surface area (Å²) in [7, 11) is 126. The molecule has 13 rings (SSSR count). The molecule has 0 spiro atoms. The van der Waals surface area contributed by atoms with Crippen LogP contribution >= 0.6 is 0 Å². The molecule has 310 valence electrons. The van der Waals surface area contributed by atoms with E-state index in [9.17, 15) is 0 Å². The van der Waals surface area contributed by atoms with Crippen LogP contribution in [-0.2, 0) is 5.41 Å². The first-order valence-electron chi connectivity index (χ1n) is 24.6. The normalized spacial score (nSPS) is 13.1. The molecule has 36 radical (unpaired) electrons. The van der Waals surface area contributed by atoms with Crippen LogP contribution in [0.15, 0.2) is 84.9 Å². The van der Waals surface area contributed by atoms with Crippen molar-refractivity contribution in [1.82, 2.24) is 0 Å². The molecule has 0 heterocycles. The Balaban J connectivity index is 1.29. The molecule has 12 aromatic rings. The lowest BCUT2D eigenvalue weighted by Crippen LogP contribution is -2.48. The zero-order valence-electron chi connectivity index (χ0n) is 42.0. The highest BCUT2D eigenvalue weighted by atomic mass is 14.4. The van der Waals surface area contributed by atoms with Crippen LogP contribution in [0.5, 0.6) is 0 Å². The second-order valence-corrected chi connectivity index (χ2v) is 20.9. The first-order chi connectivity index (χ1) is 36.5. The van der Waals surface area contributed by atoms with Crippen molar-refractivity contribution >= 4 is 304 Å². The minimum absolute atomic E-state index is 0.0634. The number of rotatable bonds is 4. The highest BCUT2D eigenvalue weighted by molar-refractivity contribution is 6.77. The summed E-state index contributed by atoms with van der Waals surface area (Å²) in [5, 5.41) is 4.59. The summed E-state index contributed by atoms with van der Waals surface area (Å²) in [6.45, 7) is 4.45. The van der Waals surface area contributed by atoms with Crippen LogP contribution in [0.2, 0.25) is 0 Å². The Morgan fingerprint density at radius 1 is 0.221 bits per heavy atom. The van der Waals surface area contributed by atoms with Crippen LogP contribution in [0.3, 0.4) is 0 Å². The van der Waals surface area contributed by atoms with Crippen LogP contribution in [-0.4, -0.2) is 141 Å². The van der Waals surface area contributed by atoms with E-state index in [0.717, 1.165) is 38.9 Å². The largest absolute Gasteiger partial charge is 0.113 e. The highest BCUT2D eigenvalue weighted by Gasteiger charge is 2.36. The van der Waals surface area contributed by atoms with Crippen molar-refractivity contribution < 1.29 is 0 Å². The van der Waals surface area contributed by atoms with Gasteiger partial charge < -0.3 is 0 Å². The summed E-state index contributed by atoms with van der Waals surface area (Å²) >= 11 is 0. The Morgan fingerprint density at radius 3 is 1.05 bits per heavy atom. The third-order valence-electron chi connectivity index (χ3n) is 16.9. The van der Waals surface area contributed by atoms with Gasteiger partial charge in [-0.2, -0.15) is 0 Å². The minimum atomic E-state index is -0.396. The fourth-order valence-corrected chi connectivity index (χ4v) is 13.1. The van der Waals surface area contributed by atoms with E-state index in [1.807, 2.05) is 36.4 Å². The van der Waals surface area contributed by atoms with Crippen molar-refractivity contribution in [1.29, 1.82) is 0 Å². The summed E-state index contributed by atoms with van der Waals surface area (Å²) in [5.41, 5.74) is 10.9. The average Bonchev–Trinajstić information content (AvgIpc) is 3.55. The van der Waals surface area contributed by atoms with Crippen LogP contribution in [0.1, 0.15) is 25.0 Å². The lowest BCUT2D eigenvalue weighted by Gasteiger charge is -2.31. The standard InChI is InChI=1S/C59H20B18/c1-59(2)24-11-7-6-10-20(24)21-13-12-18(16-25(21)59)22-14-19(27-33-29-31-37(47(66)43(33)62)53(72)57(76)55(74)39(31)51(70)49(68)35(29)45(64)41(27)60)15-23(26(22)17-8-4-3-5-9-17)28-34-30-32-38(48(67)44(34)63)54(73)58(77)56(75)40(32)52(71)50(69)36(30)46(65)42(28)61/h3-16H,1-2H3. The van der Waals surface area contributed by atoms with Crippen molar-refractivity contribution in [2.75, 3.05) is 0 Å². The van der Waals surface area contributed by atoms with E-state index in [1.54, 1.807) is 0 Å². The van der Waals surface area contributed by atoms with Gasteiger partial charge in [-0.1, -0.05) is 168 Å².